The smallest absolute Gasteiger partial charge is 0.257 e. The van der Waals surface area contributed by atoms with Crippen LogP contribution in [0.4, 0.5) is 11.4 Å². The predicted molar refractivity (Wildman–Crippen MR) is 76.9 cm³/mol. The van der Waals surface area contributed by atoms with Crippen molar-refractivity contribution in [3.05, 3.63) is 54.1 Å². The van der Waals surface area contributed by atoms with Gasteiger partial charge in [-0.25, -0.2) is 0 Å². The molecular weight excluding hydrogens is 240 g/mol. The van der Waals surface area contributed by atoms with Crippen LogP contribution in [0.5, 0.6) is 5.75 Å². The van der Waals surface area contributed by atoms with Gasteiger partial charge in [-0.3, -0.25) is 4.79 Å². The fraction of sp³-hybridized carbons (Fsp3) is 0.133. The molecule has 0 aromatic heterocycles. The Bertz CT molecular complexity index is 582. The monoisotopic (exact) mass is 256 g/mol. The second kappa shape index (κ2) is 5.91. The van der Waals surface area contributed by atoms with Crippen LogP contribution in [0, 0.1) is 0 Å². The van der Waals surface area contributed by atoms with E-state index in [1.54, 1.807) is 32.4 Å². The summed E-state index contributed by atoms with van der Waals surface area (Å²) in [6.07, 6.45) is 0. The molecule has 2 aromatic carbocycles. The van der Waals surface area contributed by atoms with Crippen molar-refractivity contribution in [2.24, 2.45) is 0 Å². The van der Waals surface area contributed by atoms with Crippen LogP contribution >= 0.6 is 0 Å². The molecule has 0 aliphatic carbocycles. The molecule has 0 bridgehead atoms. The Kier molecular flexibility index (Phi) is 4.03. The number of benzene rings is 2. The van der Waals surface area contributed by atoms with Gasteiger partial charge in [-0.2, -0.15) is 0 Å². The average molecular weight is 256 g/mol. The normalized spacial score (nSPS) is 9.79. The van der Waals surface area contributed by atoms with Crippen molar-refractivity contribution in [2.45, 2.75) is 0 Å². The minimum atomic E-state index is -0.172. The molecule has 0 saturated carbocycles. The Labute approximate surface area is 112 Å². The summed E-state index contributed by atoms with van der Waals surface area (Å²) < 4.78 is 5.21. The standard InChI is InChI=1S/C15H16N2O2/c1-16-12-8-4-3-7-11(12)15(18)17-13-9-5-6-10-14(13)19-2/h3-10,16H,1-2H3,(H,17,18). The van der Waals surface area contributed by atoms with Crippen LogP contribution < -0.4 is 15.4 Å². The topological polar surface area (TPSA) is 50.4 Å². The van der Waals surface area contributed by atoms with Crippen LogP contribution in [0.3, 0.4) is 0 Å². The summed E-state index contributed by atoms with van der Waals surface area (Å²) in [5, 5.41) is 5.85. The zero-order chi connectivity index (χ0) is 13.7. The first kappa shape index (κ1) is 13.0. The van der Waals surface area contributed by atoms with Crippen LogP contribution in [0.2, 0.25) is 0 Å². The first-order valence-corrected chi connectivity index (χ1v) is 5.97. The highest BCUT2D eigenvalue weighted by Gasteiger charge is 2.12. The molecule has 98 valence electrons. The van der Waals surface area contributed by atoms with E-state index in [9.17, 15) is 4.79 Å². The summed E-state index contributed by atoms with van der Waals surface area (Å²) in [5.41, 5.74) is 2.03. The maximum atomic E-state index is 12.3. The SMILES string of the molecule is CNc1ccccc1C(=O)Nc1ccccc1OC. The number of carbonyl (C=O) groups excluding carboxylic acids is 1. The molecule has 0 saturated heterocycles. The fourth-order valence-corrected chi connectivity index (χ4v) is 1.84. The van der Waals surface area contributed by atoms with E-state index in [0.29, 0.717) is 17.0 Å². The highest BCUT2D eigenvalue weighted by molar-refractivity contribution is 6.08. The summed E-state index contributed by atoms with van der Waals surface area (Å²) in [6.45, 7) is 0. The zero-order valence-corrected chi connectivity index (χ0v) is 10.9. The van der Waals surface area contributed by atoms with Crippen molar-refractivity contribution in [2.75, 3.05) is 24.8 Å². The van der Waals surface area contributed by atoms with E-state index in [1.807, 2.05) is 30.3 Å². The molecule has 19 heavy (non-hydrogen) atoms. The fourth-order valence-electron chi connectivity index (χ4n) is 1.84. The van der Waals surface area contributed by atoms with Crippen LogP contribution in [0.25, 0.3) is 0 Å². The Morgan fingerprint density at radius 3 is 2.32 bits per heavy atom. The molecule has 1 amide bonds. The van der Waals surface area contributed by atoms with Gasteiger partial charge < -0.3 is 15.4 Å². The molecule has 0 aliphatic heterocycles. The van der Waals surface area contributed by atoms with E-state index < -0.39 is 0 Å². The molecule has 2 aromatic rings. The number of amides is 1. The Hall–Kier alpha value is -2.49. The summed E-state index contributed by atoms with van der Waals surface area (Å²) in [6, 6.07) is 14.7. The third kappa shape index (κ3) is 2.85. The highest BCUT2D eigenvalue weighted by atomic mass is 16.5. The van der Waals surface area contributed by atoms with E-state index in [1.165, 1.54) is 0 Å². The van der Waals surface area contributed by atoms with Gasteiger partial charge in [0.2, 0.25) is 0 Å². The quantitative estimate of drug-likeness (QED) is 0.884. The van der Waals surface area contributed by atoms with Crippen molar-refractivity contribution in [3.63, 3.8) is 0 Å². The van der Waals surface area contributed by atoms with E-state index in [0.717, 1.165) is 5.69 Å². The molecule has 0 fully saturated rings. The van der Waals surface area contributed by atoms with Gasteiger partial charge in [0.1, 0.15) is 5.75 Å². The van der Waals surface area contributed by atoms with Gasteiger partial charge in [0.05, 0.1) is 18.4 Å². The predicted octanol–water partition coefficient (Wildman–Crippen LogP) is 2.99. The Balaban J connectivity index is 2.26. The molecule has 0 radical (unpaired) electrons. The minimum Gasteiger partial charge on any atom is -0.495 e. The molecule has 0 atom stereocenters. The van der Waals surface area contributed by atoms with Gasteiger partial charge in [-0.05, 0) is 24.3 Å². The number of hydrogen-bond acceptors (Lipinski definition) is 3. The van der Waals surface area contributed by atoms with Gasteiger partial charge in [-0.1, -0.05) is 24.3 Å². The highest BCUT2D eigenvalue weighted by Crippen LogP contribution is 2.24. The second-order valence-electron chi connectivity index (χ2n) is 3.95. The third-order valence-electron chi connectivity index (χ3n) is 2.80. The number of hydrogen-bond donors (Lipinski definition) is 2. The van der Waals surface area contributed by atoms with Gasteiger partial charge in [0, 0.05) is 12.7 Å². The summed E-state index contributed by atoms with van der Waals surface area (Å²) in [5.74, 6) is 0.465. The Morgan fingerprint density at radius 1 is 1.00 bits per heavy atom. The van der Waals surface area contributed by atoms with Gasteiger partial charge in [-0.15, -0.1) is 0 Å². The maximum Gasteiger partial charge on any atom is 0.257 e. The summed E-state index contributed by atoms with van der Waals surface area (Å²) in [7, 11) is 3.36. The number of ether oxygens (including phenoxy) is 1. The molecule has 2 N–H and O–H groups in total. The minimum absolute atomic E-state index is 0.172. The van der Waals surface area contributed by atoms with E-state index >= 15 is 0 Å². The van der Waals surface area contributed by atoms with Gasteiger partial charge >= 0.3 is 0 Å². The largest absolute Gasteiger partial charge is 0.495 e. The lowest BCUT2D eigenvalue weighted by atomic mass is 10.1. The number of nitrogens with one attached hydrogen (secondary N) is 2. The lowest BCUT2D eigenvalue weighted by Crippen LogP contribution is -2.14. The van der Waals surface area contributed by atoms with Crippen LogP contribution in [-0.4, -0.2) is 20.1 Å². The van der Waals surface area contributed by atoms with E-state index in [2.05, 4.69) is 10.6 Å². The van der Waals surface area contributed by atoms with Crippen LogP contribution in [-0.2, 0) is 0 Å². The first-order valence-electron chi connectivity index (χ1n) is 5.97. The third-order valence-corrected chi connectivity index (χ3v) is 2.80. The lowest BCUT2D eigenvalue weighted by Gasteiger charge is -2.12. The number of rotatable bonds is 4. The van der Waals surface area contributed by atoms with Crippen molar-refractivity contribution >= 4 is 17.3 Å². The number of methoxy groups -OCH3 is 1. The van der Waals surface area contributed by atoms with Crippen molar-refractivity contribution in [1.29, 1.82) is 0 Å². The number of para-hydroxylation sites is 3. The summed E-state index contributed by atoms with van der Waals surface area (Å²) >= 11 is 0. The maximum absolute atomic E-state index is 12.3. The molecule has 0 aliphatic rings. The van der Waals surface area contributed by atoms with Crippen LogP contribution in [0.15, 0.2) is 48.5 Å². The average Bonchev–Trinajstić information content (AvgIpc) is 2.47. The molecule has 4 nitrogen and oxygen atoms in total. The van der Waals surface area contributed by atoms with Gasteiger partial charge in [0.25, 0.3) is 5.91 Å². The van der Waals surface area contributed by atoms with Crippen LogP contribution in [0.1, 0.15) is 10.4 Å². The number of carbonyl (C=O) groups is 1. The molecule has 0 heterocycles. The first-order chi connectivity index (χ1) is 9.26. The lowest BCUT2D eigenvalue weighted by molar-refractivity contribution is 0.102. The molecule has 2 rings (SSSR count). The molecule has 0 unspecified atom stereocenters. The van der Waals surface area contributed by atoms with Crippen molar-refractivity contribution < 1.29 is 9.53 Å². The zero-order valence-electron chi connectivity index (χ0n) is 10.9. The van der Waals surface area contributed by atoms with Crippen molar-refractivity contribution in [1.82, 2.24) is 0 Å². The number of anilines is 2. The molecule has 0 spiro atoms. The summed E-state index contributed by atoms with van der Waals surface area (Å²) in [4.78, 5) is 12.3. The Morgan fingerprint density at radius 2 is 1.63 bits per heavy atom. The van der Waals surface area contributed by atoms with Crippen molar-refractivity contribution in [3.8, 4) is 5.75 Å². The van der Waals surface area contributed by atoms with Gasteiger partial charge in [0.15, 0.2) is 0 Å². The second-order valence-corrected chi connectivity index (χ2v) is 3.95. The molecular formula is C15H16N2O2. The van der Waals surface area contributed by atoms with E-state index in [4.69, 9.17) is 4.74 Å². The molecule has 4 heteroatoms. The van der Waals surface area contributed by atoms with E-state index in [-0.39, 0.29) is 5.91 Å².